The van der Waals surface area contributed by atoms with Crippen LogP contribution in [0.25, 0.3) is 0 Å². The smallest absolute Gasteiger partial charge is 0.306 e. The summed E-state index contributed by atoms with van der Waals surface area (Å²) in [5.41, 5.74) is 0. The van der Waals surface area contributed by atoms with Gasteiger partial charge in [-0.1, -0.05) is 117 Å². The predicted molar refractivity (Wildman–Crippen MR) is 180 cm³/mol. The molecule has 1 heterocycles. The van der Waals surface area contributed by atoms with Crippen molar-refractivity contribution in [2.75, 3.05) is 19.8 Å². The van der Waals surface area contributed by atoms with Crippen LogP contribution in [0.2, 0.25) is 0 Å². The van der Waals surface area contributed by atoms with Crippen LogP contribution < -0.4 is 0 Å². The summed E-state index contributed by atoms with van der Waals surface area (Å²) in [6, 6.07) is 0. The number of unbranched alkanes of at least 4 members (excludes halogenated alkanes) is 16. The maximum atomic E-state index is 13.1. The van der Waals surface area contributed by atoms with E-state index in [0.717, 1.165) is 58.3 Å². The van der Waals surface area contributed by atoms with Gasteiger partial charge < -0.3 is 44.1 Å². The molecule has 0 unspecified atom stereocenters. The Labute approximate surface area is 288 Å². The average Bonchev–Trinajstić information content (AvgIpc) is 3.06. The number of hydrogen-bond acceptors (Lipinski definition) is 12. The van der Waals surface area contributed by atoms with Crippen molar-refractivity contribution in [1.82, 2.24) is 0 Å². The Morgan fingerprint density at radius 2 is 1.04 bits per heavy atom. The minimum atomic E-state index is -1.51. The molecule has 7 atom stereocenters. The standard InChI is InChI=1S/C36H66O12/c1-4-6-8-10-12-14-16-18-20-22-31(42)47-34-33(45-27(3)39)30(25-38)46-36(44-26-29(41)28(40)24-37)35(34)48-32(43)23-21-19-17-15-13-11-9-7-5-2/h28-30,33-38,40-41H,4-26H2,1-3H3/t28-,29+,30-,33-,34+,35+,36-/m1/s1. The second kappa shape index (κ2) is 27.9. The van der Waals surface area contributed by atoms with Gasteiger partial charge in [-0.15, -0.1) is 0 Å². The number of hydrogen-bond donors (Lipinski definition) is 4. The zero-order valence-electron chi connectivity index (χ0n) is 29.9. The van der Waals surface area contributed by atoms with Crippen LogP contribution in [-0.4, -0.2) is 101 Å². The highest BCUT2D eigenvalue weighted by molar-refractivity contribution is 5.71. The summed E-state index contributed by atoms with van der Waals surface area (Å²) in [6.45, 7) is 3.63. The lowest BCUT2D eigenvalue weighted by Gasteiger charge is -2.44. The third kappa shape index (κ3) is 19.4. The van der Waals surface area contributed by atoms with Gasteiger partial charge in [0, 0.05) is 19.8 Å². The maximum absolute atomic E-state index is 13.1. The van der Waals surface area contributed by atoms with E-state index in [-0.39, 0.29) is 12.8 Å². The van der Waals surface area contributed by atoms with Crippen LogP contribution in [0.1, 0.15) is 149 Å². The van der Waals surface area contributed by atoms with E-state index < -0.39 is 80.6 Å². The first kappa shape index (κ1) is 44.2. The van der Waals surface area contributed by atoms with Crippen molar-refractivity contribution in [1.29, 1.82) is 0 Å². The second-order valence-electron chi connectivity index (χ2n) is 13.0. The Bertz CT molecular complexity index is 840. The molecule has 0 amide bonds. The van der Waals surface area contributed by atoms with Gasteiger partial charge in [0.15, 0.2) is 24.6 Å². The van der Waals surface area contributed by atoms with Gasteiger partial charge in [-0.3, -0.25) is 14.4 Å². The van der Waals surface area contributed by atoms with E-state index in [2.05, 4.69) is 13.8 Å². The summed E-state index contributed by atoms with van der Waals surface area (Å²) in [5, 5.41) is 39.3. The lowest BCUT2D eigenvalue weighted by molar-refractivity contribution is -0.312. The first-order chi connectivity index (χ1) is 23.2. The number of ether oxygens (including phenoxy) is 5. The molecule has 0 radical (unpaired) electrons. The van der Waals surface area contributed by atoms with Crippen LogP contribution in [0.15, 0.2) is 0 Å². The van der Waals surface area contributed by atoms with Crippen molar-refractivity contribution in [3.05, 3.63) is 0 Å². The highest BCUT2D eigenvalue weighted by Gasteiger charge is 2.52. The number of rotatable bonds is 29. The molecule has 0 aromatic carbocycles. The van der Waals surface area contributed by atoms with Crippen molar-refractivity contribution in [2.45, 2.75) is 192 Å². The molecule has 12 heteroatoms. The highest BCUT2D eigenvalue weighted by atomic mass is 16.7. The third-order valence-corrected chi connectivity index (χ3v) is 8.64. The molecular formula is C36H66O12. The van der Waals surface area contributed by atoms with Crippen LogP contribution in [0.3, 0.4) is 0 Å². The molecule has 0 spiro atoms. The lowest BCUT2D eigenvalue weighted by atomic mass is 9.98. The molecule has 12 nitrogen and oxygen atoms in total. The zero-order valence-corrected chi connectivity index (χ0v) is 29.9. The molecular weight excluding hydrogens is 624 g/mol. The van der Waals surface area contributed by atoms with E-state index in [1.807, 2.05) is 0 Å². The van der Waals surface area contributed by atoms with Gasteiger partial charge in [0.25, 0.3) is 0 Å². The first-order valence-corrected chi connectivity index (χ1v) is 18.6. The average molecular weight is 691 g/mol. The zero-order chi connectivity index (χ0) is 35.6. The van der Waals surface area contributed by atoms with E-state index in [1.54, 1.807) is 0 Å². The molecule has 1 saturated heterocycles. The summed E-state index contributed by atoms with van der Waals surface area (Å²) < 4.78 is 28.5. The molecule has 282 valence electrons. The van der Waals surface area contributed by atoms with Crippen molar-refractivity contribution in [2.24, 2.45) is 0 Å². The van der Waals surface area contributed by atoms with Gasteiger partial charge in [-0.25, -0.2) is 0 Å². The summed E-state index contributed by atoms with van der Waals surface area (Å²) in [4.78, 5) is 38.2. The van der Waals surface area contributed by atoms with E-state index in [4.69, 9.17) is 23.7 Å². The fourth-order valence-electron chi connectivity index (χ4n) is 5.76. The van der Waals surface area contributed by atoms with Gasteiger partial charge in [0.2, 0.25) is 0 Å². The Kier molecular flexibility index (Phi) is 25.7. The summed E-state index contributed by atoms with van der Waals surface area (Å²) >= 11 is 0. The molecule has 1 aliphatic heterocycles. The molecule has 1 fully saturated rings. The highest BCUT2D eigenvalue weighted by Crippen LogP contribution is 2.30. The molecule has 0 aromatic rings. The van der Waals surface area contributed by atoms with Gasteiger partial charge in [-0.05, 0) is 12.8 Å². The van der Waals surface area contributed by atoms with Gasteiger partial charge in [0.05, 0.1) is 19.8 Å². The SMILES string of the molecule is CCCCCCCCCCCC(=O)O[C@@H]1[C@H](OC(=O)CCCCCCCCCCC)[C@H](OC[C@H](O)[C@H](O)CO)O[C@H](CO)[C@H]1OC(C)=O. The van der Waals surface area contributed by atoms with E-state index in [0.29, 0.717) is 12.8 Å². The largest absolute Gasteiger partial charge is 0.456 e. The van der Waals surface area contributed by atoms with Gasteiger partial charge >= 0.3 is 17.9 Å². The Balaban J connectivity index is 2.95. The fourth-order valence-corrected chi connectivity index (χ4v) is 5.76. The topological polar surface area (TPSA) is 178 Å². The number of esters is 3. The monoisotopic (exact) mass is 690 g/mol. The number of aliphatic hydroxyl groups is 4. The molecule has 0 aliphatic carbocycles. The summed E-state index contributed by atoms with van der Waals surface area (Å²) in [5.74, 6) is -1.91. The van der Waals surface area contributed by atoms with Gasteiger partial charge in [0.1, 0.15) is 18.3 Å². The quantitative estimate of drug-likeness (QED) is 0.0468. The number of aliphatic hydroxyl groups excluding tert-OH is 4. The first-order valence-electron chi connectivity index (χ1n) is 18.6. The minimum absolute atomic E-state index is 0.0890. The number of carbonyl (C=O) groups excluding carboxylic acids is 3. The molecule has 1 aliphatic rings. The molecule has 0 saturated carbocycles. The third-order valence-electron chi connectivity index (χ3n) is 8.64. The minimum Gasteiger partial charge on any atom is -0.456 e. The van der Waals surface area contributed by atoms with Crippen LogP contribution in [0, 0.1) is 0 Å². The Morgan fingerprint density at radius 1 is 0.604 bits per heavy atom. The van der Waals surface area contributed by atoms with Gasteiger partial charge in [-0.2, -0.15) is 0 Å². The van der Waals surface area contributed by atoms with Crippen LogP contribution >= 0.6 is 0 Å². The number of carbonyl (C=O) groups is 3. The molecule has 0 aromatic heterocycles. The molecule has 1 rings (SSSR count). The van der Waals surface area contributed by atoms with Crippen LogP contribution in [0.5, 0.6) is 0 Å². The summed E-state index contributed by atoms with van der Waals surface area (Å²) in [7, 11) is 0. The molecule has 0 bridgehead atoms. The maximum Gasteiger partial charge on any atom is 0.306 e. The van der Waals surface area contributed by atoms with Crippen molar-refractivity contribution in [3.8, 4) is 0 Å². The molecule has 48 heavy (non-hydrogen) atoms. The second-order valence-corrected chi connectivity index (χ2v) is 13.0. The normalized spacial score (nSPS) is 22.2. The van der Waals surface area contributed by atoms with E-state index in [1.165, 1.54) is 51.4 Å². The fraction of sp³-hybridized carbons (Fsp3) is 0.917. The lowest BCUT2D eigenvalue weighted by Crippen LogP contribution is -2.63. The van der Waals surface area contributed by atoms with Crippen molar-refractivity contribution in [3.63, 3.8) is 0 Å². The Morgan fingerprint density at radius 3 is 1.46 bits per heavy atom. The van der Waals surface area contributed by atoms with Crippen LogP contribution in [-0.2, 0) is 38.1 Å². The van der Waals surface area contributed by atoms with Crippen molar-refractivity contribution >= 4 is 17.9 Å². The Hall–Kier alpha value is -1.83. The van der Waals surface area contributed by atoms with E-state index in [9.17, 15) is 34.8 Å². The molecule has 4 N–H and O–H groups in total. The van der Waals surface area contributed by atoms with Crippen molar-refractivity contribution < 1.29 is 58.5 Å². The van der Waals surface area contributed by atoms with E-state index >= 15 is 0 Å². The van der Waals surface area contributed by atoms with Crippen LogP contribution in [0.4, 0.5) is 0 Å². The summed E-state index contributed by atoms with van der Waals surface area (Å²) in [6.07, 6.45) is 9.57. The predicted octanol–water partition coefficient (Wildman–Crippen LogP) is 5.03.